The summed E-state index contributed by atoms with van der Waals surface area (Å²) < 4.78 is 10.2. The molecule has 4 heteroatoms. The van der Waals surface area contributed by atoms with Crippen molar-refractivity contribution in [2.45, 2.75) is 32.7 Å². The summed E-state index contributed by atoms with van der Waals surface area (Å²) in [5.41, 5.74) is 0. The van der Waals surface area contributed by atoms with Crippen LogP contribution in [-0.2, 0) is 4.74 Å². The van der Waals surface area contributed by atoms with Crippen LogP contribution in [0.5, 0.6) is 0 Å². The third-order valence-electron chi connectivity index (χ3n) is 3.66. The number of furan rings is 1. The summed E-state index contributed by atoms with van der Waals surface area (Å²) in [7, 11) is 1.36. The molecule has 0 radical (unpaired) electrons. The van der Waals surface area contributed by atoms with Gasteiger partial charge in [-0.15, -0.1) is 0 Å². The lowest BCUT2D eigenvalue weighted by molar-refractivity contribution is 0.0556. The number of carbonyl (C=O) groups excluding carboxylic acids is 1. The summed E-state index contributed by atoms with van der Waals surface area (Å²) in [4.78, 5) is 13.8. The maximum atomic E-state index is 11.3. The van der Waals surface area contributed by atoms with Crippen LogP contribution >= 0.6 is 0 Å². The highest BCUT2D eigenvalue weighted by Gasteiger charge is 2.24. The van der Waals surface area contributed by atoms with Crippen LogP contribution in [-0.4, -0.2) is 31.1 Å². The van der Waals surface area contributed by atoms with Crippen molar-refractivity contribution in [3.63, 3.8) is 0 Å². The van der Waals surface area contributed by atoms with Crippen molar-refractivity contribution in [1.82, 2.24) is 4.90 Å². The predicted octanol–water partition coefficient (Wildman–Crippen LogP) is 2.86. The first-order valence-corrected chi connectivity index (χ1v) is 6.54. The van der Waals surface area contributed by atoms with E-state index in [0.29, 0.717) is 0 Å². The fourth-order valence-electron chi connectivity index (χ4n) is 2.55. The Morgan fingerprint density at radius 1 is 1.56 bits per heavy atom. The molecule has 2 rings (SSSR count). The van der Waals surface area contributed by atoms with Gasteiger partial charge in [0.2, 0.25) is 5.76 Å². The number of ether oxygens (including phenoxy) is 1. The van der Waals surface area contributed by atoms with Gasteiger partial charge >= 0.3 is 5.97 Å². The second-order valence-electron chi connectivity index (χ2n) is 5.11. The molecule has 2 heterocycles. The number of nitrogens with zero attached hydrogens (tertiary/aromatic N) is 1. The summed E-state index contributed by atoms with van der Waals surface area (Å²) in [6, 6.07) is 3.77. The van der Waals surface area contributed by atoms with Gasteiger partial charge in [0, 0.05) is 6.54 Å². The highest BCUT2D eigenvalue weighted by Crippen LogP contribution is 2.27. The molecule has 0 aromatic carbocycles. The second kappa shape index (κ2) is 5.57. The Morgan fingerprint density at radius 3 is 3.00 bits per heavy atom. The molecule has 1 aliphatic rings. The molecule has 0 saturated carbocycles. The second-order valence-corrected chi connectivity index (χ2v) is 5.11. The van der Waals surface area contributed by atoms with Crippen molar-refractivity contribution in [1.29, 1.82) is 0 Å². The highest BCUT2D eigenvalue weighted by molar-refractivity contribution is 5.86. The number of hydrogen-bond acceptors (Lipinski definition) is 4. The molecule has 2 unspecified atom stereocenters. The van der Waals surface area contributed by atoms with E-state index in [1.54, 1.807) is 6.07 Å². The van der Waals surface area contributed by atoms with E-state index in [-0.39, 0.29) is 11.8 Å². The largest absolute Gasteiger partial charge is 0.463 e. The van der Waals surface area contributed by atoms with Crippen LogP contribution in [0.25, 0.3) is 0 Å². The fourth-order valence-corrected chi connectivity index (χ4v) is 2.55. The van der Waals surface area contributed by atoms with E-state index >= 15 is 0 Å². The third kappa shape index (κ3) is 2.75. The Balaban J connectivity index is 2.06. The normalized spacial score (nSPS) is 22.7. The summed E-state index contributed by atoms with van der Waals surface area (Å²) in [5.74, 6) is 1.44. The van der Waals surface area contributed by atoms with Crippen molar-refractivity contribution in [3.05, 3.63) is 23.7 Å². The van der Waals surface area contributed by atoms with Crippen molar-refractivity contribution in [3.8, 4) is 0 Å². The molecule has 4 nitrogen and oxygen atoms in total. The SMILES string of the molecule is COC(=O)c1ccc(C(C)N2CCCC(C)C2)o1. The topological polar surface area (TPSA) is 42.7 Å². The Kier molecular flexibility index (Phi) is 4.07. The quantitative estimate of drug-likeness (QED) is 0.775. The first-order chi connectivity index (χ1) is 8.61. The van der Waals surface area contributed by atoms with Crippen LogP contribution in [0.2, 0.25) is 0 Å². The molecule has 0 N–H and O–H groups in total. The monoisotopic (exact) mass is 251 g/mol. The van der Waals surface area contributed by atoms with Crippen LogP contribution in [0.15, 0.2) is 16.5 Å². The molecule has 1 aromatic heterocycles. The predicted molar refractivity (Wildman–Crippen MR) is 68.4 cm³/mol. The Morgan fingerprint density at radius 2 is 2.33 bits per heavy atom. The molecule has 0 amide bonds. The summed E-state index contributed by atoms with van der Waals surface area (Å²) in [5, 5.41) is 0. The smallest absolute Gasteiger partial charge is 0.373 e. The number of hydrogen-bond donors (Lipinski definition) is 0. The molecular formula is C14H21NO3. The Hall–Kier alpha value is -1.29. The molecule has 1 fully saturated rings. The van der Waals surface area contributed by atoms with Gasteiger partial charge in [0.15, 0.2) is 0 Å². The molecule has 100 valence electrons. The zero-order chi connectivity index (χ0) is 13.1. The zero-order valence-electron chi connectivity index (χ0n) is 11.3. The van der Waals surface area contributed by atoms with Crippen molar-refractivity contribution >= 4 is 5.97 Å². The fraction of sp³-hybridized carbons (Fsp3) is 0.643. The third-order valence-corrected chi connectivity index (χ3v) is 3.66. The molecule has 18 heavy (non-hydrogen) atoms. The molecule has 0 spiro atoms. The molecule has 1 aliphatic heterocycles. The Bertz CT molecular complexity index is 413. The van der Waals surface area contributed by atoms with Gasteiger partial charge in [-0.25, -0.2) is 4.79 Å². The van der Waals surface area contributed by atoms with E-state index in [1.807, 2.05) is 6.07 Å². The van der Waals surface area contributed by atoms with Gasteiger partial charge in [-0.05, 0) is 44.4 Å². The number of esters is 1. The van der Waals surface area contributed by atoms with Gasteiger partial charge in [-0.1, -0.05) is 6.92 Å². The minimum absolute atomic E-state index is 0.214. The van der Waals surface area contributed by atoms with Gasteiger partial charge in [-0.3, -0.25) is 4.90 Å². The zero-order valence-corrected chi connectivity index (χ0v) is 11.3. The van der Waals surface area contributed by atoms with E-state index in [4.69, 9.17) is 4.42 Å². The van der Waals surface area contributed by atoms with Crippen LogP contribution < -0.4 is 0 Å². The summed E-state index contributed by atoms with van der Waals surface area (Å²) in [6.07, 6.45) is 2.53. The lowest BCUT2D eigenvalue weighted by atomic mass is 9.98. The molecule has 0 aliphatic carbocycles. The first kappa shape index (κ1) is 13.1. The molecule has 2 atom stereocenters. The lowest BCUT2D eigenvalue weighted by Gasteiger charge is -2.34. The van der Waals surface area contributed by atoms with Crippen molar-refractivity contribution in [2.75, 3.05) is 20.2 Å². The minimum atomic E-state index is -0.416. The van der Waals surface area contributed by atoms with Crippen molar-refractivity contribution in [2.24, 2.45) is 5.92 Å². The highest BCUT2D eigenvalue weighted by atomic mass is 16.5. The van der Waals surface area contributed by atoms with Gasteiger partial charge in [0.25, 0.3) is 0 Å². The van der Waals surface area contributed by atoms with Gasteiger partial charge < -0.3 is 9.15 Å². The van der Waals surface area contributed by atoms with E-state index in [9.17, 15) is 4.79 Å². The van der Waals surface area contributed by atoms with E-state index in [0.717, 1.165) is 24.8 Å². The molecular weight excluding hydrogens is 230 g/mol. The van der Waals surface area contributed by atoms with Gasteiger partial charge in [-0.2, -0.15) is 0 Å². The van der Waals surface area contributed by atoms with Crippen molar-refractivity contribution < 1.29 is 13.9 Å². The van der Waals surface area contributed by atoms with Crippen LogP contribution in [0.4, 0.5) is 0 Å². The Labute approximate surface area is 108 Å². The molecule has 1 aromatic rings. The van der Waals surface area contributed by atoms with Crippen LogP contribution in [0, 0.1) is 5.92 Å². The van der Waals surface area contributed by atoms with E-state index in [2.05, 4.69) is 23.5 Å². The van der Waals surface area contributed by atoms with E-state index in [1.165, 1.54) is 20.0 Å². The van der Waals surface area contributed by atoms with Crippen LogP contribution in [0.1, 0.15) is 49.0 Å². The van der Waals surface area contributed by atoms with E-state index < -0.39 is 5.97 Å². The average molecular weight is 251 g/mol. The number of carbonyl (C=O) groups is 1. The van der Waals surface area contributed by atoms with Gasteiger partial charge in [0.1, 0.15) is 5.76 Å². The average Bonchev–Trinajstić information content (AvgIpc) is 2.86. The lowest BCUT2D eigenvalue weighted by Crippen LogP contribution is -2.36. The molecule has 0 bridgehead atoms. The number of methoxy groups -OCH3 is 1. The summed E-state index contributed by atoms with van der Waals surface area (Å²) in [6.45, 7) is 6.59. The van der Waals surface area contributed by atoms with Gasteiger partial charge in [0.05, 0.1) is 13.2 Å². The van der Waals surface area contributed by atoms with Crippen LogP contribution in [0.3, 0.4) is 0 Å². The first-order valence-electron chi connectivity index (χ1n) is 6.54. The summed E-state index contributed by atoms with van der Waals surface area (Å²) >= 11 is 0. The minimum Gasteiger partial charge on any atom is -0.463 e. The number of rotatable bonds is 3. The number of piperidine rings is 1. The standard InChI is InChI=1S/C14H21NO3/c1-10-5-4-8-15(9-10)11(2)12-6-7-13(18-12)14(16)17-3/h6-7,10-11H,4-5,8-9H2,1-3H3. The molecule has 1 saturated heterocycles. The maximum absolute atomic E-state index is 11.3. The maximum Gasteiger partial charge on any atom is 0.373 e. The number of likely N-dealkylation sites (tertiary alicyclic amines) is 1.